The Labute approximate surface area is 153 Å². The molecule has 0 radical (unpaired) electrons. The van der Waals surface area contributed by atoms with Crippen molar-refractivity contribution in [3.8, 4) is 0 Å². The number of nitro groups is 1. The Morgan fingerprint density at radius 3 is 2.67 bits per heavy atom. The Bertz CT molecular complexity index is 1040. The predicted octanol–water partition coefficient (Wildman–Crippen LogP) is 4.74. The molecule has 0 fully saturated rings. The Balaban J connectivity index is 2.16. The van der Waals surface area contributed by atoms with Crippen molar-refractivity contribution >= 4 is 67.7 Å². The van der Waals surface area contributed by atoms with E-state index in [-0.39, 0.29) is 15.6 Å². The molecule has 0 spiro atoms. The molecule has 0 bridgehead atoms. The third-order valence-corrected chi connectivity index (χ3v) is 5.82. The van der Waals surface area contributed by atoms with Crippen LogP contribution >= 0.6 is 45.9 Å². The van der Waals surface area contributed by atoms with E-state index in [0.717, 1.165) is 16.0 Å². The van der Waals surface area contributed by atoms with Crippen LogP contribution in [0.1, 0.15) is 17.3 Å². The van der Waals surface area contributed by atoms with Crippen LogP contribution in [0.25, 0.3) is 10.2 Å². The Morgan fingerprint density at radius 1 is 1.33 bits per heavy atom. The van der Waals surface area contributed by atoms with Gasteiger partial charge in [-0.3, -0.25) is 14.9 Å². The molecule has 1 aromatic carbocycles. The van der Waals surface area contributed by atoms with Crippen LogP contribution in [0.4, 0.5) is 5.69 Å². The van der Waals surface area contributed by atoms with Crippen LogP contribution in [0, 0.1) is 10.1 Å². The lowest BCUT2D eigenvalue weighted by Crippen LogP contribution is -2.15. The number of nitrogens with zero attached hydrogens (tertiary/aromatic N) is 3. The number of rotatable bonds is 3. The topological polar surface area (TPSA) is 77.5 Å². The predicted molar refractivity (Wildman–Crippen MR) is 96.4 cm³/mol. The molecule has 0 N–H and O–H groups in total. The standard InChI is InChI=1S/C14H9Cl2N3O3S2/c1-2-18-9-5-7(19(21)22)3-4-10(9)23-14(18)17-13(20)8-6-11(15)24-12(8)16/h3-6H,2H2,1H3. The number of non-ortho nitro benzene ring substituents is 1. The van der Waals surface area contributed by atoms with E-state index in [4.69, 9.17) is 23.2 Å². The van der Waals surface area contributed by atoms with Crippen molar-refractivity contribution in [2.75, 3.05) is 0 Å². The third kappa shape index (κ3) is 3.10. The number of nitro benzene ring substituents is 1. The highest BCUT2D eigenvalue weighted by Crippen LogP contribution is 2.31. The second-order valence-electron chi connectivity index (χ2n) is 4.69. The molecule has 0 unspecified atom stereocenters. The van der Waals surface area contributed by atoms with Gasteiger partial charge >= 0.3 is 0 Å². The average Bonchev–Trinajstić information content (AvgIpc) is 3.05. The molecule has 10 heteroatoms. The van der Waals surface area contributed by atoms with Crippen LogP contribution in [0.3, 0.4) is 0 Å². The van der Waals surface area contributed by atoms with Crippen molar-refractivity contribution in [1.29, 1.82) is 0 Å². The van der Waals surface area contributed by atoms with Crippen molar-refractivity contribution in [2.45, 2.75) is 13.5 Å². The summed E-state index contributed by atoms with van der Waals surface area (Å²) in [7, 11) is 0. The summed E-state index contributed by atoms with van der Waals surface area (Å²) in [6.45, 7) is 2.40. The van der Waals surface area contributed by atoms with Gasteiger partial charge in [0.2, 0.25) is 0 Å². The summed E-state index contributed by atoms with van der Waals surface area (Å²) in [5, 5.41) is 10.9. The quantitative estimate of drug-likeness (QED) is 0.469. The number of amides is 1. The number of carbonyl (C=O) groups is 1. The molecule has 3 rings (SSSR count). The molecule has 24 heavy (non-hydrogen) atoms. The summed E-state index contributed by atoms with van der Waals surface area (Å²) in [5.41, 5.74) is 0.906. The van der Waals surface area contributed by atoms with Gasteiger partial charge in [-0.25, -0.2) is 0 Å². The lowest BCUT2D eigenvalue weighted by molar-refractivity contribution is -0.384. The van der Waals surface area contributed by atoms with E-state index in [1.54, 1.807) is 10.6 Å². The molecule has 6 nitrogen and oxygen atoms in total. The second kappa shape index (κ2) is 6.64. The van der Waals surface area contributed by atoms with Crippen LogP contribution < -0.4 is 4.80 Å². The average molecular weight is 402 g/mol. The van der Waals surface area contributed by atoms with E-state index < -0.39 is 10.8 Å². The molecule has 124 valence electrons. The van der Waals surface area contributed by atoms with Gasteiger partial charge in [-0.2, -0.15) is 4.99 Å². The zero-order valence-electron chi connectivity index (χ0n) is 12.2. The number of hydrogen-bond donors (Lipinski definition) is 0. The van der Waals surface area contributed by atoms with Gasteiger partial charge in [0.25, 0.3) is 11.6 Å². The van der Waals surface area contributed by atoms with Crippen molar-refractivity contribution in [3.63, 3.8) is 0 Å². The number of thiazole rings is 1. The zero-order chi connectivity index (χ0) is 17.4. The monoisotopic (exact) mass is 401 g/mol. The highest BCUT2D eigenvalue weighted by atomic mass is 35.5. The molecular weight excluding hydrogens is 393 g/mol. The van der Waals surface area contributed by atoms with Gasteiger partial charge in [0, 0.05) is 18.7 Å². The molecule has 0 atom stereocenters. The summed E-state index contributed by atoms with van der Waals surface area (Å²) >= 11 is 14.2. The highest BCUT2D eigenvalue weighted by molar-refractivity contribution is 7.20. The number of thiophene rings is 1. The number of hydrogen-bond acceptors (Lipinski definition) is 5. The molecule has 0 aliphatic carbocycles. The first kappa shape index (κ1) is 17.1. The summed E-state index contributed by atoms with van der Waals surface area (Å²) in [6.07, 6.45) is 0. The highest BCUT2D eigenvalue weighted by Gasteiger charge is 2.16. The maximum absolute atomic E-state index is 12.4. The van der Waals surface area contributed by atoms with Crippen LogP contribution in [0.2, 0.25) is 8.67 Å². The van der Waals surface area contributed by atoms with Gasteiger partial charge in [-0.1, -0.05) is 34.5 Å². The minimum atomic E-state index is -0.494. The number of benzene rings is 1. The van der Waals surface area contributed by atoms with Gasteiger partial charge < -0.3 is 4.57 Å². The number of halogens is 2. The molecule has 0 saturated heterocycles. The molecule has 2 heterocycles. The lowest BCUT2D eigenvalue weighted by atomic mass is 10.3. The van der Waals surface area contributed by atoms with Crippen LogP contribution in [-0.2, 0) is 6.54 Å². The Kier molecular flexibility index (Phi) is 4.73. The van der Waals surface area contributed by atoms with E-state index in [2.05, 4.69) is 4.99 Å². The van der Waals surface area contributed by atoms with Crippen molar-refractivity contribution < 1.29 is 9.72 Å². The lowest BCUT2D eigenvalue weighted by Gasteiger charge is -2.00. The largest absolute Gasteiger partial charge is 0.316 e. The molecule has 0 aliphatic rings. The van der Waals surface area contributed by atoms with Gasteiger partial charge in [0.05, 0.1) is 25.0 Å². The minimum Gasteiger partial charge on any atom is -0.316 e. The maximum atomic E-state index is 12.4. The summed E-state index contributed by atoms with van der Waals surface area (Å²) in [5.74, 6) is -0.494. The smallest absolute Gasteiger partial charge is 0.282 e. The number of fused-ring (bicyclic) bond motifs is 1. The van der Waals surface area contributed by atoms with E-state index in [1.807, 2.05) is 6.92 Å². The van der Waals surface area contributed by atoms with Crippen molar-refractivity contribution in [1.82, 2.24) is 4.57 Å². The van der Waals surface area contributed by atoms with Crippen molar-refractivity contribution in [3.05, 3.63) is 53.4 Å². The van der Waals surface area contributed by atoms with Gasteiger partial charge in [-0.05, 0) is 19.1 Å². The van der Waals surface area contributed by atoms with Crippen molar-refractivity contribution in [2.24, 2.45) is 4.99 Å². The molecule has 1 amide bonds. The molecule has 2 aromatic heterocycles. The van der Waals surface area contributed by atoms with Crippen LogP contribution in [0.15, 0.2) is 29.3 Å². The van der Waals surface area contributed by atoms with Crippen LogP contribution in [-0.4, -0.2) is 15.4 Å². The summed E-state index contributed by atoms with van der Waals surface area (Å²) in [4.78, 5) is 27.4. The first-order valence-corrected chi connectivity index (χ1v) is 9.11. The number of aryl methyl sites for hydroxylation is 1. The fourth-order valence-electron chi connectivity index (χ4n) is 2.20. The molecule has 0 saturated carbocycles. The SMILES string of the molecule is CCn1c(=NC(=O)c2cc(Cl)sc2Cl)sc2ccc([N+](=O)[O-])cc21. The number of aromatic nitrogens is 1. The maximum Gasteiger partial charge on any atom is 0.282 e. The third-order valence-electron chi connectivity index (χ3n) is 3.28. The number of carbonyl (C=O) groups excluding carboxylic acids is 1. The molecule has 3 aromatic rings. The van der Waals surface area contributed by atoms with E-state index in [0.29, 0.717) is 21.2 Å². The van der Waals surface area contributed by atoms with Crippen LogP contribution in [0.5, 0.6) is 0 Å². The zero-order valence-corrected chi connectivity index (χ0v) is 15.3. The Hall–Kier alpha value is -1.74. The van der Waals surface area contributed by atoms with E-state index in [9.17, 15) is 14.9 Å². The Morgan fingerprint density at radius 2 is 2.08 bits per heavy atom. The molecular formula is C14H9Cl2N3O3S2. The van der Waals surface area contributed by atoms with E-state index in [1.165, 1.54) is 29.5 Å². The fraction of sp³-hybridized carbons (Fsp3) is 0.143. The fourth-order valence-corrected chi connectivity index (χ4v) is 4.72. The normalized spacial score (nSPS) is 12.0. The van der Waals surface area contributed by atoms with Gasteiger partial charge in [0.1, 0.15) is 4.34 Å². The first-order valence-electron chi connectivity index (χ1n) is 6.72. The summed E-state index contributed by atoms with van der Waals surface area (Å²) in [6, 6.07) is 6.05. The second-order valence-corrected chi connectivity index (χ2v) is 7.99. The summed E-state index contributed by atoms with van der Waals surface area (Å²) < 4.78 is 3.26. The molecule has 0 aliphatic heterocycles. The first-order chi connectivity index (χ1) is 11.4. The van der Waals surface area contributed by atoms with Gasteiger partial charge in [-0.15, -0.1) is 11.3 Å². The van der Waals surface area contributed by atoms with Gasteiger partial charge in [0.15, 0.2) is 4.80 Å². The van der Waals surface area contributed by atoms with E-state index >= 15 is 0 Å². The minimum absolute atomic E-state index is 0.00645.